The molecule has 0 bridgehead atoms. The number of rotatable bonds is 1. The Morgan fingerprint density at radius 2 is 2.43 bits per heavy atom. The van der Waals surface area contributed by atoms with E-state index in [9.17, 15) is 9.70 Å². The molecule has 1 aromatic heterocycles. The maximum absolute atomic E-state index is 11.0. The maximum atomic E-state index is 11.0. The van der Waals surface area contributed by atoms with Gasteiger partial charge in [-0.25, -0.2) is 9.98 Å². The molecule has 1 aliphatic heterocycles. The molecule has 5 nitrogen and oxygen atoms in total. The quantitative estimate of drug-likeness (QED) is 0.624. The van der Waals surface area contributed by atoms with E-state index in [0.29, 0.717) is 12.2 Å². The lowest BCUT2D eigenvalue weighted by molar-refractivity contribution is -0.119. The van der Waals surface area contributed by atoms with E-state index in [1.54, 1.807) is 12.3 Å². The molecule has 5 heteroatoms. The van der Waals surface area contributed by atoms with Gasteiger partial charge < -0.3 is 0 Å². The van der Waals surface area contributed by atoms with Crippen molar-refractivity contribution in [1.29, 1.82) is 0 Å². The van der Waals surface area contributed by atoms with Gasteiger partial charge in [-0.2, -0.15) is 0 Å². The van der Waals surface area contributed by atoms with Crippen molar-refractivity contribution in [2.75, 3.05) is 0 Å². The molecule has 1 atom stereocenters. The SMILES string of the molecule is O=NC(=O)C1C=Nc2ncccc2C1. The van der Waals surface area contributed by atoms with E-state index in [4.69, 9.17) is 0 Å². The van der Waals surface area contributed by atoms with Crippen LogP contribution in [0.5, 0.6) is 0 Å². The molecule has 0 N–H and O–H groups in total. The third-order valence-electron chi connectivity index (χ3n) is 2.09. The maximum Gasteiger partial charge on any atom is 0.295 e. The van der Waals surface area contributed by atoms with Gasteiger partial charge in [0, 0.05) is 17.6 Å². The van der Waals surface area contributed by atoms with Gasteiger partial charge in [-0.15, -0.1) is 4.91 Å². The van der Waals surface area contributed by atoms with Gasteiger partial charge in [0.1, 0.15) is 0 Å². The Hall–Kier alpha value is -1.91. The Morgan fingerprint density at radius 3 is 3.21 bits per heavy atom. The molecular weight excluding hydrogens is 182 g/mol. The zero-order valence-corrected chi connectivity index (χ0v) is 7.25. The molecule has 0 aliphatic carbocycles. The predicted octanol–water partition coefficient (Wildman–Crippen LogP) is 1.25. The summed E-state index contributed by atoms with van der Waals surface area (Å²) >= 11 is 0. The Morgan fingerprint density at radius 1 is 1.57 bits per heavy atom. The minimum Gasteiger partial charge on any atom is -0.268 e. The second kappa shape index (κ2) is 3.45. The Bertz CT molecular complexity index is 414. The molecule has 0 fully saturated rings. The van der Waals surface area contributed by atoms with E-state index < -0.39 is 11.8 Å². The van der Waals surface area contributed by atoms with Crippen LogP contribution in [0, 0.1) is 10.8 Å². The van der Waals surface area contributed by atoms with Crippen LogP contribution in [0.3, 0.4) is 0 Å². The summed E-state index contributed by atoms with van der Waals surface area (Å²) < 4.78 is 0. The van der Waals surface area contributed by atoms with Crippen molar-refractivity contribution >= 4 is 17.9 Å². The largest absolute Gasteiger partial charge is 0.295 e. The molecule has 0 saturated heterocycles. The van der Waals surface area contributed by atoms with Gasteiger partial charge in [0.15, 0.2) is 5.82 Å². The summed E-state index contributed by atoms with van der Waals surface area (Å²) in [5.74, 6) is -0.588. The van der Waals surface area contributed by atoms with Crippen LogP contribution in [0.25, 0.3) is 0 Å². The molecule has 2 rings (SSSR count). The Balaban J connectivity index is 2.29. The second-order valence-corrected chi connectivity index (χ2v) is 3.00. The highest BCUT2D eigenvalue weighted by atomic mass is 16.3. The van der Waals surface area contributed by atoms with Crippen LogP contribution in [-0.2, 0) is 11.2 Å². The first-order valence-corrected chi connectivity index (χ1v) is 4.16. The van der Waals surface area contributed by atoms with Gasteiger partial charge in [0.2, 0.25) is 0 Å². The summed E-state index contributed by atoms with van der Waals surface area (Å²) in [5.41, 5.74) is 0.872. The average Bonchev–Trinajstić information content (AvgIpc) is 2.27. The third kappa shape index (κ3) is 1.44. The number of nitroso groups, excluding NO2 is 1. The number of aromatic nitrogens is 1. The minimum absolute atomic E-state index is 0.456. The molecule has 70 valence electrons. The highest BCUT2D eigenvalue weighted by Gasteiger charge is 2.22. The smallest absolute Gasteiger partial charge is 0.268 e. The molecule has 0 radical (unpaired) electrons. The van der Waals surface area contributed by atoms with Crippen molar-refractivity contribution in [2.24, 2.45) is 16.1 Å². The molecule has 0 spiro atoms. The summed E-state index contributed by atoms with van der Waals surface area (Å²) in [6, 6.07) is 3.61. The fraction of sp³-hybridized carbons (Fsp3) is 0.222. The van der Waals surface area contributed by atoms with Crippen molar-refractivity contribution in [1.82, 2.24) is 4.98 Å². The third-order valence-corrected chi connectivity index (χ3v) is 2.09. The molecule has 2 heterocycles. The molecule has 0 aromatic carbocycles. The van der Waals surface area contributed by atoms with Gasteiger partial charge >= 0.3 is 0 Å². The van der Waals surface area contributed by atoms with E-state index in [-0.39, 0.29) is 0 Å². The fourth-order valence-corrected chi connectivity index (χ4v) is 1.37. The van der Waals surface area contributed by atoms with E-state index in [2.05, 4.69) is 15.2 Å². The summed E-state index contributed by atoms with van der Waals surface area (Å²) in [4.78, 5) is 29.0. The topological polar surface area (TPSA) is 71.8 Å². The number of carbonyl (C=O) groups is 1. The number of carbonyl (C=O) groups excluding carboxylic acids is 1. The lowest BCUT2D eigenvalue weighted by atomic mass is 9.98. The number of nitrogens with zero attached hydrogens (tertiary/aromatic N) is 3. The Kier molecular flexibility index (Phi) is 2.14. The second-order valence-electron chi connectivity index (χ2n) is 3.00. The number of aliphatic imine (C=N–C) groups is 1. The highest BCUT2D eigenvalue weighted by Crippen LogP contribution is 2.23. The van der Waals surface area contributed by atoms with Crippen LogP contribution in [0.2, 0.25) is 0 Å². The van der Waals surface area contributed by atoms with Crippen molar-refractivity contribution in [3.63, 3.8) is 0 Å². The lowest BCUT2D eigenvalue weighted by Crippen LogP contribution is -2.19. The number of hydrogen-bond donors (Lipinski definition) is 0. The molecule has 1 unspecified atom stereocenters. The van der Waals surface area contributed by atoms with Crippen molar-refractivity contribution in [3.05, 3.63) is 28.8 Å². The molecule has 1 aliphatic rings. The molecular formula is C9H7N3O2. The standard InChI is InChI=1S/C9H7N3O2/c13-9(12-14)7-4-6-2-1-3-10-8(6)11-5-7/h1-3,5,7H,4H2. The molecule has 1 amide bonds. The van der Waals surface area contributed by atoms with Gasteiger partial charge in [-0.05, 0) is 18.1 Å². The van der Waals surface area contributed by atoms with Crippen LogP contribution in [0.4, 0.5) is 5.82 Å². The summed E-state index contributed by atoms with van der Waals surface area (Å²) in [6.45, 7) is 0. The van der Waals surface area contributed by atoms with Crippen LogP contribution < -0.4 is 0 Å². The number of amides is 1. The zero-order chi connectivity index (χ0) is 9.97. The Labute approximate surface area is 79.9 Å². The van der Waals surface area contributed by atoms with Gasteiger partial charge in [0.05, 0.1) is 5.92 Å². The van der Waals surface area contributed by atoms with Crippen molar-refractivity contribution < 1.29 is 4.79 Å². The first-order chi connectivity index (χ1) is 6.81. The lowest BCUT2D eigenvalue weighted by Gasteiger charge is -2.13. The van der Waals surface area contributed by atoms with Crippen LogP contribution in [0.15, 0.2) is 28.5 Å². The predicted molar refractivity (Wildman–Crippen MR) is 50.4 cm³/mol. The summed E-state index contributed by atoms with van der Waals surface area (Å²) in [7, 11) is 0. The van der Waals surface area contributed by atoms with Crippen LogP contribution in [-0.4, -0.2) is 17.1 Å². The van der Waals surface area contributed by atoms with Crippen LogP contribution in [0.1, 0.15) is 5.56 Å². The highest BCUT2D eigenvalue weighted by molar-refractivity contribution is 5.95. The molecule has 1 aromatic rings. The van der Waals surface area contributed by atoms with Gasteiger partial charge in [0.25, 0.3) is 5.91 Å². The number of fused-ring (bicyclic) bond motifs is 1. The summed E-state index contributed by atoms with van der Waals surface area (Å²) in [6.07, 6.45) is 3.52. The van der Waals surface area contributed by atoms with E-state index in [1.165, 1.54) is 6.21 Å². The van der Waals surface area contributed by atoms with E-state index in [1.807, 2.05) is 6.07 Å². The van der Waals surface area contributed by atoms with Gasteiger partial charge in [-0.3, -0.25) is 4.79 Å². The van der Waals surface area contributed by atoms with Crippen molar-refractivity contribution in [2.45, 2.75) is 6.42 Å². The average molecular weight is 189 g/mol. The monoisotopic (exact) mass is 189 g/mol. The first-order valence-electron chi connectivity index (χ1n) is 4.16. The van der Waals surface area contributed by atoms with Crippen LogP contribution >= 0.6 is 0 Å². The normalized spacial score (nSPS) is 18.7. The van der Waals surface area contributed by atoms with Gasteiger partial charge in [-0.1, -0.05) is 6.07 Å². The first kappa shape index (κ1) is 8.68. The molecule has 0 saturated carbocycles. The number of hydrogen-bond acceptors (Lipinski definition) is 4. The molecule has 14 heavy (non-hydrogen) atoms. The zero-order valence-electron chi connectivity index (χ0n) is 7.25. The van der Waals surface area contributed by atoms with E-state index in [0.717, 1.165) is 5.56 Å². The minimum atomic E-state index is -0.678. The summed E-state index contributed by atoms with van der Waals surface area (Å²) in [5, 5.41) is 2.38. The van der Waals surface area contributed by atoms with E-state index >= 15 is 0 Å². The van der Waals surface area contributed by atoms with Crippen molar-refractivity contribution in [3.8, 4) is 0 Å². The number of pyridine rings is 1. The fourth-order valence-electron chi connectivity index (χ4n) is 1.37.